The summed E-state index contributed by atoms with van der Waals surface area (Å²) in [5.74, 6) is 0.549. The zero-order valence-corrected chi connectivity index (χ0v) is 16.8. The number of thioether (sulfide) groups is 1. The largest absolute Gasteiger partial charge is 0.308 e. The van der Waals surface area contributed by atoms with Crippen LogP contribution in [0.5, 0.6) is 0 Å². The zero-order valence-electron chi connectivity index (χ0n) is 15.1. The molecule has 0 unspecified atom stereocenters. The van der Waals surface area contributed by atoms with Gasteiger partial charge in [-0.1, -0.05) is 43.8 Å². The Hall–Kier alpha value is -1.92. The first kappa shape index (κ1) is 18.9. The van der Waals surface area contributed by atoms with Crippen LogP contribution >= 0.6 is 23.1 Å². The van der Waals surface area contributed by atoms with Crippen LogP contribution < -0.4 is 0 Å². The minimum Gasteiger partial charge on any atom is -0.308 e. The molecule has 0 saturated carbocycles. The van der Waals surface area contributed by atoms with Crippen LogP contribution in [0.1, 0.15) is 40.2 Å². The van der Waals surface area contributed by atoms with E-state index in [4.69, 9.17) is 0 Å². The SMILES string of the molecule is CCc1ccc(CC)c(C(=O)CSc2nncn2CCc2cccs2)c1. The van der Waals surface area contributed by atoms with Crippen molar-refractivity contribution in [3.8, 4) is 0 Å². The van der Waals surface area contributed by atoms with E-state index in [2.05, 4.69) is 53.7 Å². The third-order valence-electron chi connectivity index (χ3n) is 4.36. The number of ketones is 1. The number of hydrogen-bond donors (Lipinski definition) is 0. The quantitative estimate of drug-likeness (QED) is 0.396. The standard InChI is InChI=1S/C20H23N3OS2/c1-3-15-7-8-16(4-2)18(12-15)19(24)13-26-20-22-21-14-23(20)10-9-17-6-5-11-25-17/h5-8,11-12,14H,3-4,9-10,13H2,1-2H3. The summed E-state index contributed by atoms with van der Waals surface area (Å²) >= 11 is 3.23. The lowest BCUT2D eigenvalue weighted by molar-refractivity contribution is 0.102. The molecule has 0 amide bonds. The van der Waals surface area contributed by atoms with Gasteiger partial charge in [-0.25, -0.2) is 0 Å². The maximum Gasteiger partial charge on any atom is 0.191 e. The second-order valence-corrected chi connectivity index (χ2v) is 8.02. The Morgan fingerprint density at radius 1 is 1.23 bits per heavy atom. The Morgan fingerprint density at radius 2 is 2.12 bits per heavy atom. The van der Waals surface area contributed by atoms with Gasteiger partial charge in [0.25, 0.3) is 0 Å². The lowest BCUT2D eigenvalue weighted by Gasteiger charge is -2.09. The van der Waals surface area contributed by atoms with Crippen molar-refractivity contribution >= 4 is 28.9 Å². The highest BCUT2D eigenvalue weighted by Gasteiger charge is 2.14. The van der Waals surface area contributed by atoms with E-state index in [0.717, 1.165) is 42.1 Å². The van der Waals surface area contributed by atoms with E-state index in [1.807, 2.05) is 10.6 Å². The fraction of sp³-hybridized carbons (Fsp3) is 0.350. The Labute approximate surface area is 162 Å². The first-order valence-electron chi connectivity index (χ1n) is 8.89. The molecule has 4 nitrogen and oxygen atoms in total. The average molecular weight is 386 g/mol. The summed E-state index contributed by atoms with van der Waals surface area (Å²) < 4.78 is 2.03. The third-order valence-corrected chi connectivity index (χ3v) is 6.27. The Balaban J connectivity index is 1.64. The highest BCUT2D eigenvalue weighted by atomic mass is 32.2. The molecule has 0 aliphatic heterocycles. The lowest BCUT2D eigenvalue weighted by Crippen LogP contribution is -2.09. The molecule has 0 bridgehead atoms. The summed E-state index contributed by atoms with van der Waals surface area (Å²) in [5.41, 5.74) is 3.17. The number of benzene rings is 1. The number of thiophene rings is 1. The van der Waals surface area contributed by atoms with E-state index in [1.54, 1.807) is 17.7 Å². The molecule has 2 heterocycles. The van der Waals surface area contributed by atoms with Gasteiger partial charge < -0.3 is 4.57 Å². The van der Waals surface area contributed by atoms with Gasteiger partial charge in [-0.3, -0.25) is 4.79 Å². The molecule has 1 aromatic carbocycles. The van der Waals surface area contributed by atoms with Crippen molar-refractivity contribution < 1.29 is 4.79 Å². The predicted octanol–water partition coefficient (Wildman–Crippen LogP) is 4.68. The number of Topliss-reactive ketones (excluding diaryl/α,β-unsaturated/α-hetero) is 1. The predicted molar refractivity (Wildman–Crippen MR) is 108 cm³/mol. The maximum absolute atomic E-state index is 12.8. The Bertz CT molecular complexity index is 856. The van der Waals surface area contributed by atoms with Crippen LogP contribution in [0.3, 0.4) is 0 Å². The second-order valence-electron chi connectivity index (χ2n) is 6.05. The average Bonchev–Trinajstić information content (AvgIpc) is 3.35. The van der Waals surface area contributed by atoms with E-state index in [9.17, 15) is 4.79 Å². The first-order chi connectivity index (χ1) is 12.7. The van der Waals surface area contributed by atoms with Crippen molar-refractivity contribution in [2.75, 3.05) is 5.75 Å². The van der Waals surface area contributed by atoms with Gasteiger partial charge in [0.15, 0.2) is 10.9 Å². The molecule has 3 aromatic rings. The number of aryl methyl sites for hydroxylation is 4. The molecule has 26 heavy (non-hydrogen) atoms. The van der Waals surface area contributed by atoms with Crippen molar-refractivity contribution in [2.24, 2.45) is 0 Å². The van der Waals surface area contributed by atoms with Crippen LogP contribution in [0, 0.1) is 0 Å². The molecular weight excluding hydrogens is 362 g/mol. The molecule has 0 atom stereocenters. The molecule has 0 saturated heterocycles. The van der Waals surface area contributed by atoms with Crippen LogP contribution in [0.25, 0.3) is 0 Å². The van der Waals surface area contributed by atoms with E-state index in [-0.39, 0.29) is 5.78 Å². The minimum atomic E-state index is 0.162. The van der Waals surface area contributed by atoms with Gasteiger partial charge in [0.2, 0.25) is 0 Å². The van der Waals surface area contributed by atoms with Crippen LogP contribution in [0.15, 0.2) is 47.2 Å². The normalized spacial score (nSPS) is 11.0. The fourth-order valence-electron chi connectivity index (χ4n) is 2.81. The first-order valence-corrected chi connectivity index (χ1v) is 10.8. The number of carbonyl (C=O) groups excluding carboxylic acids is 1. The van der Waals surface area contributed by atoms with E-state index < -0.39 is 0 Å². The topological polar surface area (TPSA) is 47.8 Å². The van der Waals surface area contributed by atoms with Crippen LogP contribution in [-0.4, -0.2) is 26.3 Å². The number of rotatable bonds is 9. The molecule has 6 heteroatoms. The van der Waals surface area contributed by atoms with Crippen LogP contribution in [0.4, 0.5) is 0 Å². The number of aromatic nitrogens is 3. The smallest absolute Gasteiger partial charge is 0.191 e. The maximum atomic E-state index is 12.8. The molecule has 0 aliphatic rings. The van der Waals surface area contributed by atoms with E-state index in [1.165, 1.54) is 22.2 Å². The molecule has 0 fully saturated rings. The summed E-state index contributed by atoms with van der Waals surface area (Å²) in [4.78, 5) is 14.1. The minimum absolute atomic E-state index is 0.162. The van der Waals surface area contributed by atoms with Gasteiger partial charge in [0.1, 0.15) is 6.33 Å². The molecule has 0 aliphatic carbocycles. The van der Waals surface area contributed by atoms with Gasteiger partial charge in [-0.05, 0) is 47.9 Å². The Morgan fingerprint density at radius 3 is 2.85 bits per heavy atom. The van der Waals surface area contributed by atoms with Gasteiger partial charge >= 0.3 is 0 Å². The summed E-state index contributed by atoms with van der Waals surface area (Å²) in [5, 5.41) is 11.1. The van der Waals surface area contributed by atoms with Crippen LogP contribution in [0.2, 0.25) is 0 Å². The molecule has 2 aromatic heterocycles. The van der Waals surface area contributed by atoms with E-state index in [0.29, 0.717) is 5.75 Å². The second kappa shape index (κ2) is 9.14. The number of nitrogens with zero attached hydrogens (tertiary/aromatic N) is 3. The Kier molecular flexibility index (Phi) is 6.63. The monoisotopic (exact) mass is 385 g/mol. The lowest BCUT2D eigenvalue weighted by atomic mass is 9.98. The molecule has 0 N–H and O–H groups in total. The number of carbonyl (C=O) groups is 1. The van der Waals surface area contributed by atoms with Crippen molar-refractivity contribution in [3.63, 3.8) is 0 Å². The van der Waals surface area contributed by atoms with Crippen molar-refractivity contribution in [2.45, 2.75) is 44.8 Å². The molecule has 0 spiro atoms. The van der Waals surface area contributed by atoms with Crippen LogP contribution in [-0.2, 0) is 25.8 Å². The third kappa shape index (κ3) is 4.62. The highest BCUT2D eigenvalue weighted by molar-refractivity contribution is 7.99. The fourth-order valence-corrected chi connectivity index (χ4v) is 4.34. The van der Waals surface area contributed by atoms with Crippen molar-refractivity contribution in [1.82, 2.24) is 14.8 Å². The molecular formula is C20H23N3OS2. The number of hydrogen-bond acceptors (Lipinski definition) is 5. The van der Waals surface area contributed by atoms with Gasteiger partial charge in [-0.2, -0.15) is 0 Å². The van der Waals surface area contributed by atoms with Crippen molar-refractivity contribution in [3.05, 3.63) is 63.6 Å². The van der Waals surface area contributed by atoms with Crippen molar-refractivity contribution in [1.29, 1.82) is 0 Å². The van der Waals surface area contributed by atoms with E-state index >= 15 is 0 Å². The van der Waals surface area contributed by atoms with Gasteiger partial charge in [0, 0.05) is 17.0 Å². The van der Waals surface area contributed by atoms with Gasteiger partial charge in [0.05, 0.1) is 5.75 Å². The molecule has 3 rings (SSSR count). The highest BCUT2D eigenvalue weighted by Crippen LogP contribution is 2.21. The molecule has 136 valence electrons. The summed E-state index contributed by atoms with van der Waals surface area (Å²) in [6.07, 6.45) is 4.51. The zero-order chi connectivity index (χ0) is 18.4. The summed E-state index contributed by atoms with van der Waals surface area (Å²) in [6, 6.07) is 10.4. The van der Waals surface area contributed by atoms with Gasteiger partial charge in [-0.15, -0.1) is 21.5 Å². The summed E-state index contributed by atoms with van der Waals surface area (Å²) in [7, 11) is 0. The molecule has 0 radical (unpaired) electrons. The summed E-state index contributed by atoms with van der Waals surface area (Å²) in [6.45, 7) is 5.03.